The summed E-state index contributed by atoms with van der Waals surface area (Å²) >= 11 is 1.33. The molecule has 1 amide bonds. The molecule has 6 nitrogen and oxygen atoms in total. The number of nitrogen functional groups attached to an aromatic ring is 1. The Kier molecular flexibility index (Phi) is 5.42. The Morgan fingerprint density at radius 2 is 1.78 bits per heavy atom. The van der Waals surface area contributed by atoms with Crippen LogP contribution in [0.15, 0.2) is 76.5 Å². The summed E-state index contributed by atoms with van der Waals surface area (Å²) in [5.41, 5.74) is 8.55. The first-order chi connectivity index (χ1) is 12.9. The van der Waals surface area contributed by atoms with Crippen molar-refractivity contribution in [3.8, 4) is 0 Å². The highest BCUT2D eigenvalue weighted by Crippen LogP contribution is 2.34. The normalized spacial score (nSPS) is 10.4. The molecule has 0 saturated heterocycles. The zero-order valence-corrected chi connectivity index (χ0v) is 15.3. The van der Waals surface area contributed by atoms with Gasteiger partial charge in [0.15, 0.2) is 0 Å². The van der Waals surface area contributed by atoms with Gasteiger partial charge in [0, 0.05) is 33.3 Å². The Labute approximate surface area is 160 Å². The van der Waals surface area contributed by atoms with Gasteiger partial charge in [-0.05, 0) is 48.9 Å². The number of hydrogen-bond acceptors (Lipinski definition) is 5. The number of nitrogens with one attached hydrogen (secondary N) is 1. The third kappa shape index (κ3) is 4.45. The number of benzene rings is 3. The molecule has 0 atom stereocenters. The van der Waals surface area contributed by atoms with Gasteiger partial charge in [0.05, 0.1) is 10.5 Å². The van der Waals surface area contributed by atoms with Crippen molar-refractivity contribution in [3.63, 3.8) is 0 Å². The van der Waals surface area contributed by atoms with Gasteiger partial charge in [-0.15, -0.1) is 0 Å². The van der Waals surface area contributed by atoms with Crippen molar-refractivity contribution in [1.82, 2.24) is 0 Å². The first-order valence-corrected chi connectivity index (χ1v) is 8.94. The standard InChI is InChI=1S/C20H17N3O3S/c1-13-4-2-5-14(12-13)22-20(24)19-17(21)6-3-7-18(19)27-16-10-8-15(9-11-16)23(25)26/h2-12H,21H2,1H3,(H,22,24). The maximum Gasteiger partial charge on any atom is 0.269 e. The fraction of sp³-hybridized carbons (Fsp3) is 0.0500. The predicted molar refractivity (Wildman–Crippen MR) is 107 cm³/mol. The van der Waals surface area contributed by atoms with Crippen molar-refractivity contribution in [1.29, 1.82) is 0 Å². The lowest BCUT2D eigenvalue weighted by Gasteiger charge is -2.13. The van der Waals surface area contributed by atoms with Crippen LogP contribution in [0.5, 0.6) is 0 Å². The van der Waals surface area contributed by atoms with Gasteiger partial charge in [0.25, 0.3) is 11.6 Å². The highest BCUT2D eigenvalue weighted by Gasteiger charge is 2.17. The van der Waals surface area contributed by atoms with Crippen molar-refractivity contribution >= 4 is 34.7 Å². The second-order valence-corrected chi connectivity index (χ2v) is 7.01. The van der Waals surface area contributed by atoms with Crippen LogP contribution in [-0.2, 0) is 0 Å². The largest absolute Gasteiger partial charge is 0.398 e. The third-order valence-corrected chi connectivity index (χ3v) is 4.90. The van der Waals surface area contributed by atoms with Crippen molar-refractivity contribution < 1.29 is 9.72 Å². The van der Waals surface area contributed by atoms with E-state index < -0.39 is 4.92 Å². The minimum absolute atomic E-state index is 0.0179. The average Bonchev–Trinajstić information content (AvgIpc) is 2.62. The van der Waals surface area contributed by atoms with Gasteiger partial charge in [-0.2, -0.15) is 0 Å². The van der Waals surface area contributed by atoms with Crippen LogP contribution in [0.1, 0.15) is 15.9 Å². The van der Waals surface area contributed by atoms with E-state index in [0.29, 0.717) is 21.8 Å². The molecule has 0 bridgehead atoms. The van der Waals surface area contributed by atoms with E-state index in [1.165, 1.54) is 23.9 Å². The molecule has 0 unspecified atom stereocenters. The molecule has 136 valence electrons. The Bertz CT molecular complexity index is 1000. The molecule has 7 heteroatoms. The lowest BCUT2D eigenvalue weighted by Crippen LogP contribution is -2.15. The maximum absolute atomic E-state index is 12.8. The Balaban J connectivity index is 1.87. The summed E-state index contributed by atoms with van der Waals surface area (Å²) in [4.78, 5) is 24.6. The van der Waals surface area contributed by atoms with Crippen LogP contribution in [0.25, 0.3) is 0 Å². The molecule has 0 aliphatic carbocycles. The Morgan fingerprint density at radius 3 is 2.44 bits per heavy atom. The molecule has 0 saturated carbocycles. The van der Waals surface area contributed by atoms with Crippen LogP contribution in [0.3, 0.4) is 0 Å². The fourth-order valence-corrected chi connectivity index (χ4v) is 3.54. The molecule has 0 spiro atoms. The van der Waals surface area contributed by atoms with E-state index in [0.717, 1.165) is 10.5 Å². The molecule has 0 fully saturated rings. The molecule has 3 aromatic carbocycles. The minimum Gasteiger partial charge on any atom is -0.398 e. The monoisotopic (exact) mass is 379 g/mol. The number of carbonyl (C=O) groups excluding carboxylic acids is 1. The molecule has 0 aromatic heterocycles. The smallest absolute Gasteiger partial charge is 0.269 e. The van der Waals surface area contributed by atoms with Gasteiger partial charge in [0.2, 0.25) is 0 Å². The van der Waals surface area contributed by atoms with Crippen LogP contribution in [0, 0.1) is 17.0 Å². The third-order valence-electron chi connectivity index (χ3n) is 3.84. The maximum atomic E-state index is 12.8. The van der Waals surface area contributed by atoms with Crippen LogP contribution in [0.4, 0.5) is 17.1 Å². The van der Waals surface area contributed by atoms with Crippen molar-refractivity contribution in [2.75, 3.05) is 11.1 Å². The summed E-state index contributed by atoms with van der Waals surface area (Å²) in [6.07, 6.45) is 0. The number of aryl methyl sites for hydroxylation is 1. The number of rotatable bonds is 5. The molecule has 3 rings (SSSR count). The quantitative estimate of drug-likeness (QED) is 0.374. The highest BCUT2D eigenvalue weighted by atomic mass is 32.2. The first kappa shape index (κ1) is 18.5. The molecule has 27 heavy (non-hydrogen) atoms. The molecule has 0 radical (unpaired) electrons. The van der Waals surface area contributed by atoms with Gasteiger partial charge in [-0.25, -0.2) is 0 Å². The summed E-state index contributed by atoms with van der Waals surface area (Å²) in [6.45, 7) is 1.95. The fourth-order valence-electron chi connectivity index (χ4n) is 2.56. The number of nitrogens with zero attached hydrogens (tertiary/aromatic N) is 1. The van der Waals surface area contributed by atoms with E-state index in [-0.39, 0.29) is 11.6 Å². The van der Waals surface area contributed by atoms with Gasteiger partial charge in [0.1, 0.15) is 0 Å². The Hall–Kier alpha value is -3.32. The van der Waals surface area contributed by atoms with E-state index in [1.54, 1.807) is 30.3 Å². The number of nitro groups is 1. The van der Waals surface area contributed by atoms with Gasteiger partial charge < -0.3 is 11.1 Å². The van der Waals surface area contributed by atoms with Crippen LogP contribution in [0.2, 0.25) is 0 Å². The summed E-state index contributed by atoms with van der Waals surface area (Å²) in [5.74, 6) is -0.303. The molecule has 0 aliphatic heterocycles. The molecule has 0 aliphatic rings. The topological polar surface area (TPSA) is 98.3 Å². The number of hydrogen-bond donors (Lipinski definition) is 2. The zero-order chi connectivity index (χ0) is 19.4. The van der Waals surface area contributed by atoms with Crippen molar-refractivity contribution in [3.05, 3.63) is 88.0 Å². The zero-order valence-electron chi connectivity index (χ0n) is 14.5. The molecule has 0 heterocycles. The number of carbonyl (C=O) groups is 1. The van der Waals surface area contributed by atoms with E-state index in [2.05, 4.69) is 5.32 Å². The lowest BCUT2D eigenvalue weighted by molar-refractivity contribution is -0.384. The first-order valence-electron chi connectivity index (χ1n) is 8.13. The highest BCUT2D eigenvalue weighted by molar-refractivity contribution is 7.99. The number of nitrogens with two attached hydrogens (primary N) is 1. The van der Waals surface area contributed by atoms with E-state index in [4.69, 9.17) is 5.73 Å². The molecular formula is C20H17N3O3S. The van der Waals surface area contributed by atoms with E-state index in [9.17, 15) is 14.9 Å². The summed E-state index contributed by atoms with van der Waals surface area (Å²) in [5, 5.41) is 13.7. The molecule has 3 aromatic rings. The van der Waals surface area contributed by atoms with Crippen molar-refractivity contribution in [2.24, 2.45) is 0 Å². The van der Waals surface area contributed by atoms with Gasteiger partial charge in [-0.1, -0.05) is 30.0 Å². The van der Waals surface area contributed by atoms with Gasteiger partial charge >= 0.3 is 0 Å². The minimum atomic E-state index is -0.449. The summed E-state index contributed by atoms with van der Waals surface area (Å²) in [7, 11) is 0. The SMILES string of the molecule is Cc1cccc(NC(=O)c2c(N)cccc2Sc2ccc([N+](=O)[O-])cc2)c1. The average molecular weight is 379 g/mol. The van der Waals surface area contributed by atoms with Crippen LogP contribution >= 0.6 is 11.8 Å². The second-order valence-electron chi connectivity index (χ2n) is 5.90. The number of non-ortho nitro benzene ring substituents is 1. The van der Waals surface area contributed by atoms with E-state index >= 15 is 0 Å². The van der Waals surface area contributed by atoms with Gasteiger partial charge in [-0.3, -0.25) is 14.9 Å². The molecular weight excluding hydrogens is 362 g/mol. The van der Waals surface area contributed by atoms with Crippen LogP contribution < -0.4 is 11.1 Å². The summed E-state index contributed by atoms with van der Waals surface area (Å²) < 4.78 is 0. The lowest BCUT2D eigenvalue weighted by atomic mass is 10.1. The van der Waals surface area contributed by atoms with Crippen molar-refractivity contribution in [2.45, 2.75) is 16.7 Å². The summed E-state index contributed by atoms with van der Waals surface area (Å²) in [6, 6.07) is 18.9. The van der Waals surface area contributed by atoms with Crippen LogP contribution in [-0.4, -0.2) is 10.8 Å². The number of amides is 1. The second kappa shape index (κ2) is 7.92. The Morgan fingerprint density at radius 1 is 1.07 bits per heavy atom. The number of anilines is 2. The number of nitro benzene ring substituents is 1. The van der Waals surface area contributed by atoms with E-state index in [1.807, 2.05) is 31.2 Å². The molecule has 3 N–H and O–H groups in total. The predicted octanol–water partition coefficient (Wildman–Crippen LogP) is 4.89.